The number of ketones is 1. The second kappa shape index (κ2) is 12.2. The van der Waals surface area contributed by atoms with Gasteiger partial charge in [-0.3, -0.25) is 14.5 Å². The average Bonchev–Trinajstić information content (AvgIpc) is 3.49. The van der Waals surface area contributed by atoms with E-state index in [-0.39, 0.29) is 69.4 Å². The van der Waals surface area contributed by atoms with Crippen LogP contribution in [-0.2, 0) is 9.59 Å². The zero-order valence-corrected chi connectivity index (χ0v) is 32.9. The van der Waals surface area contributed by atoms with Crippen molar-refractivity contribution in [2.75, 3.05) is 26.2 Å². The van der Waals surface area contributed by atoms with Gasteiger partial charge in [0.1, 0.15) is 5.78 Å². The van der Waals surface area contributed by atoms with Gasteiger partial charge in [0.15, 0.2) is 0 Å². The van der Waals surface area contributed by atoms with Crippen molar-refractivity contribution in [1.82, 2.24) is 9.80 Å². The van der Waals surface area contributed by atoms with E-state index >= 15 is 4.79 Å². The van der Waals surface area contributed by atoms with Gasteiger partial charge in [-0.25, -0.2) is 0 Å². The zero-order chi connectivity index (χ0) is 41.4. The number of rotatable bonds is 6. The lowest BCUT2D eigenvalue weighted by atomic mass is 9.32. The summed E-state index contributed by atoms with van der Waals surface area (Å²) in [5.74, 6) is 2.69. The largest absolute Gasteiger partial charge is 0.393 e. The lowest BCUT2D eigenvalue weighted by Gasteiger charge is -2.73. The molecular weight excluding hydrogens is 617 g/mol. The molecule has 5 heteroatoms. The molecule has 1 saturated heterocycles. The van der Waals surface area contributed by atoms with Gasteiger partial charge in [-0.2, -0.15) is 0 Å². The monoisotopic (exact) mass is 697 g/mol. The van der Waals surface area contributed by atoms with Crippen LogP contribution in [0.25, 0.3) is 0 Å². The Morgan fingerprint density at radius 2 is 1.52 bits per heavy atom. The maximum atomic E-state index is 15.1. The van der Waals surface area contributed by atoms with Crippen molar-refractivity contribution in [3.63, 3.8) is 0 Å². The van der Waals surface area contributed by atoms with Gasteiger partial charge in [-0.1, -0.05) is 60.6 Å². The van der Waals surface area contributed by atoms with E-state index in [2.05, 4.69) is 62.0 Å². The fraction of sp³-hybridized carbons (Fsp3) is 0.911. The Balaban J connectivity index is 1.06. The first-order chi connectivity index (χ1) is 25.7. The van der Waals surface area contributed by atoms with E-state index < -0.39 is 19.7 Å². The molecule has 1 N–H and O–H groups in total. The third kappa shape index (κ3) is 5.02. The molecule has 0 aromatic rings. The molecule has 0 bridgehead atoms. The van der Waals surface area contributed by atoms with Crippen LogP contribution in [0.1, 0.15) is 154 Å². The standard InChI is InChI=1S/C45H74N2O3/c1-28(2)31-14-19-45(37(49)27-30-26-33(40(30,5)6)39(50)47-24-22-46(23-25-47)29(3)4)21-20-43(10)32(38(31)45)12-13-35-42(9)17-16-36(48)41(7,8)34(42)15-18-44(35,43)11/h29-36,38,48H,1,12-27H2,2-11H3/t30-,31-,32+,33+,34-,35+,36-,38+,42-,43+,44+,45+/m0/s1/i3D3,4D3. The summed E-state index contributed by atoms with van der Waals surface area (Å²) in [4.78, 5) is 32.4. The van der Waals surface area contributed by atoms with Crippen LogP contribution in [0.2, 0.25) is 0 Å². The third-order valence-corrected chi connectivity index (χ3v) is 18.8. The number of nitrogens with zero attached hydrogens (tertiary/aromatic N) is 2. The minimum Gasteiger partial charge on any atom is -0.393 e. The van der Waals surface area contributed by atoms with Gasteiger partial charge in [-0.05, 0) is 154 Å². The summed E-state index contributed by atoms with van der Waals surface area (Å²) < 4.78 is 47.2. The number of aliphatic hydroxyl groups excluding tert-OH is 1. The summed E-state index contributed by atoms with van der Waals surface area (Å²) in [5, 5.41) is 11.1. The maximum Gasteiger partial charge on any atom is 0.226 e. The summed E-state index contributed by atoms with van der Waals surface area (Å²) >= 11 is 0. The first kappa shape index (κ1) is 30.2. The second-order valence-corrected chi connectivity index (χ2v) is 20.9. The Kier molecular flexibility index (Phi) is 7.33. The summed E-state index contributed by atoms with van der Waals surface area (Å²) in [7, 11) is 0. The Labute approximate surface area is 314 Å². The highest BCUT2D eigenvalue weighted by molar-refractivity contribution is 5.87. The number of hydrogen-bond donors (Lipinski definition) is 1. The molecule has 12 atom stereocenters. The highest BCUT2D eigenvalue weighted by atomic mass is 16.3. The molecule has 282 valence electrons. The van der Waals surface area contributed by atoms with Gasteiger partial charge in [0.2, 0.25) is 5.91 Å². The maximum absolute atomic E-state index is 15.1. The number of carbonyl (C=O) groups is 2. The number of hydrogen-bond acceptors (Lipinski definition) is 4. The van der Waals surface area contributed by atoms with Crippen molar-refractivity contribution in [2.24, 2.45) is 73.9 Å². The fourth-order valence-corrected chi connectivity index (χ4v) is 15.2. The van der Waals surface area contributed by atoms with Crippen LogP contribution in [0.3, 0.4) is 0 Å². The summed E-state index contributed by atoms with van der Waals surface area (Å²) in [6, 6.07) is -1.54. The molecule has 5 nitrogen and oxygen atoms in total. The van der Waals surface area contributed by atoms with E-state index in [1.807, 2.05) is 0 Å². The normalized spacial score (nSPS) is 50.4. The van der Waals surface area contributed by atoms with Crippen LogP contribution in [-0.4, -0.2) is 64.9 Å². The molecule has 6 aliphatic carbocycles. The van der Waals surface area contributed by atoms with Crippen LogP contribution in [0, 0.1) is 73.9 Å². The first-order valence-electron chi connectivity index (χ1n) is 23.6. The van der Waals surface area contributed by atoms with E-state index in [0.29, 0.717) is 61.3 Å². The quantitative estimate of drug-likeness (QED) is 0.282. The van der Waals surface area contributed by atoms with Crippen LogP contribution in [0.15, 0.2) is 12.2 Å². The molecule has 6 saturated carbocycles. The molecule has 7 rings (SSSR count). The van der Waals surface area contributed by atoms with Crippen molar-refractivity contribution in [3.8, 4) is 0 Å². The van der Waals surface area contributed by atoms with Gasteiger partial charge in [0, 0.05) is 58.2 Å². The predicted molar refractivity (Wildman–Crippen MR) is 203 cm³/mol. The molecule has 0 unspecified atom stereocenters. The summed E-state index contributed by atoms with van der Waals surface area (Å²) in [5.41, 5.74) is 1.03. The molecule has 1 aliphatic heterocycles. The highest BCUT2D eigenvalue weighted by Crippen LogP contribution is 2.78. The molecule has 0 spiro atoms. The molecular formula is C45H74N2O3. The Bertz CT molecular complexity index is 1570. The Morgan fingerprint density at radius 1 is 0.820 bits per heavy atom. The van der Waals surface area contributed by atoms with Crippen molar-refractivity contribution in [2.45, 2.75) is 158 Å². The van der Waals surface area contributed by atoms with Gasteiger partial charge in [0.05, 0.1) is 6.10 Å². The van der Waals surface area contributed by atoms with Crippen LogP contribution in [0.4, 0.5) is 0 Å². The Morgan fingerprint density at radius 3 is 2.16 bits per heavy atom. The number of allylic oxidation sites excluding steroid dienone is 1. The SMILES string of the molecule is [2H]C([2H])([2H])C(N1CCN(C(=O)[C@H]2C[C@@H](CC(=O)[C@]34CC[C@@H](C(=C)C)[C@@H]3[C@H]3CC[C@@H]5[C@@]6(C)CC[C@H](O)C(C)(C)[C@@H]6CC[C@@]5(C)[C@]3(C)CC4)C2(C)C)CC1)C([2H])([2H])[2H]. The number of amides is 1. The van der Waals surface area contributed by atoms with Crippen molar-refractivity contribution in [1.29, 1.82) is 0 Å². The fourth-order valence-electron chi connectivity index (χ4n) is 15.2. The molecule has 0 aromatic heterocycles. The first-order valence-corrected chi connectivity index (χ1v) is 20.6. The second-order valence-electron chi connectivity index (χ2n) is 20.9. The molecule has 7 aliphatic rings. The topological polar surface area (TPSA) is 60.9 Å². The molecule has 1 heterocycles. The minimum absolute atomic E-state index is 0.0506. The van der Waals surface area contributed by atoms with Gasteiger partial charge in [0.25, 0.3) is 0 Å². The Hall–Kier alpha value is -1.20. The molecule has 50 heavy (non-hydrogen) atoms. The number of fused-ring (bicyclic) bond motifs is 7. The van der Waals surface area contributed by atoms with Crippen molar-refractivity contribution < 1.29 is 22.9 Å². The number of piperazine rings is 1. The van der Waals surface area contributed by atoms with E-state index in [0.717, 1.165) is 38.5 Å². The van der Waals surface area contributed by atoms with Crippen molar-refractivity contribution >= 4 is 11.7 Å². The molecule has 1 amide bonds. The lowest BCUT2D eigenvalue weighted by Crippen LogP contribution is -2.67. The lowest BCUT2D eigenvalue weighted by molar-refractivity contribution is -0.246. The molecule has 0 radical (unpaired) electrons. The van der Waals surface area contributed by atoms with Crippen molar-refractivity contribution in [3.05, 3.63) is 12.2 Å². The summed E-state index contributed by atoms with van der Waals surface area (Å²) in [6.45, 7) is 19.3. The molecule has 7 fully saturated rings. The van der Waals surface area contributed by atoms with E-state index in [1.165, 1.54) is 36.2 Å². The van der Waals surface area contributed by atoms with E-state index in [4.69, 9.17) is 8.22 Å². The van der Waals surface area contributed by atoms with Crippen LogP contribution in [0.5, 0.6) is 0 Å². The van der Waals surface area contributed by atoms with Crippen LogP contribution < -0.4 is 0 Å². The zero-order valence-electron chi connectivity index (χ0n) is 38.9. The average molecular weight is 697 g/mol. The van der Waals surface area contributed by atoms with Crippen LogP contribution >= 0.6 is 0 Å². The highest BCUT2D eigenvalue weighted by Gasteiger charge is 2.72. The van der Waals surface area contributed by atoms with E-state index in [1.54, 1.807) is 4.90 Å². The van der Waals surface area contributed by atoms with E-state index in [9.17, 15) is 9.90 Å². The van der Waals surface area contributed by atoms with Gasteiger partial charge in [-0.15, -0.1) is 0 Å². The molecule has 0 aromatic carbocycles. The number of Topliss-reactive ketones (excluding diaryl/α,β-unsaturated/α-hetero) is 1. The summed E-state index contributed by atoms with van der Waals surface area (Å²) in [6.07, 6.45) is 11.7. The number of carbonyl (C=O) groups excluding carboxylic acids is 2. The van der Waals surface area contributed by atoms with Gasteiger partial charge >= 0.3 is 0 Å². The number of aliphatic hydroxyl groups is 1. The smallest absolute Gasteiger partial charge is 0.226 e. The minimum atomic E-state index is -2.64. The third-order valence-electron chi connectivity index (χ3n) is 18.8. The van der Waals surface area contributed by atoms with Gasteiger partial charge < -0.3 is 10.0 Å². The predicted octanol–water partition coefficient (Wildman–Crippen LogP) is 9.18.